The maximum absolute atomic E-state index is 11.0. The number of carbonyl (C=O) groups is 1. The van der Waals surface area contributed by atoms with Crippen molar-refractivity contribution in [2.24, 2.45) is 5.73 Å². The Labute approximate surface area is 93.3 Å². The van der Waals surface area contributed by atoms with Gasteiger partial charge in [-0.15, -0.1) is 0 Å². The average Bonchev–Trinajstić information content (AvgIpc) is 2.60. The third kappa shape index (κ3) is 1.67. The van der Waals surface area contributed by atoms with E-state index in [1.165, 1.54) is 0 Å². The number of aryl methyl sites for hydroxylation is 1. The maximum atomic E-state index is 11.0. The molecule has 0 aliphatic heterocycles. The second kappa shape index (κ2) is 3.98. The van der Waals surface area contributed by atoms with Gasteiger partial charge in [0.25, 0.3) is 0 Å². The number of rotatable bonds is 3. The van der Waals surface area contributed by atoms with E-state index >= 15 is 0 Å². The molecule has 1 aromatic heterocycles. The molecule has 0 atom stereocenters. The zero-order valence-corrected chi connectivity index (χ0v) is 9.10. The summed E-state index contributed by atoms with van der Waals surface area (Å²) in [5.41, 5.74) is 7.68. The summed E-state index contributed by atoms with van der Waals surface area (Å²) >= 11 is 0. The molecule has 4 heteroatoms. The Morgan fingerprint density at radius 2 is 2.25 bits per heavy atom. The standard InChI is InChI=1S/C12H14N2O2/c1-8-6-11-9(7-10(8)12(15)16)2-4-14(11)5-3-13/h2,4,6-7H,3,5,13H2,1H3,(H,15,16). The third-order valence-electron chi connectivity index (χ3n) is 2.72. The number of aromatic nitrogens is 1. The number of carboxylic acids is 1. The van der Waals surface area contributed by atoms with Crippen LogP contribution in [-0.4, -0.2) is 22.2 Å². The van der Waals surface area contributed by atoms with Crippen molar-refractivity contribution in [3.05, 3.63) is 35.5 Å². The normalized spacial score (nSPS) is 10.9. The van der Waals surface area contributed by atoms with E-state index in [4.69, 9.17) is 10.8 Å². The summed E-state index contributed by atoms with van der Waals surface area (Å²) in [4.78, 5) is 11.0. The van der Waals surface area contributed by atoms with Gasteiger partial charge in [0.1, 0.15) is 0 Å². The van der Waals surface area contributed by atoms with Gasteiger partial charge in [-0.2, -0.15) is 0 Å². The van der Waals surface area contributed by atoms with Crippen LogP contribution in [0.25, 0.3) is 10.9 Å². The first kappa shape index (κ1) is 10.7. The van der Waals surface area contributed by atoms with E-state index in [1.807, 2.05) is 29.8 Å². The van der Waals surface area contributed by atoms with Crippen LogP contribution in [0, 0.1) is 6.92 Å². The molecule has 16 heavy (non-hydrogen) atoms. The lowest BCUT2D eigenvalue weighted by Gasteiger charge is -2.05. The number of benzene rings is 1. The van der Waals surface area contributed by atoms with Crippen molar-refractivity contribution >= 4 is 16.9 Å². The molecule has 1 aromatic carbocycles. The van der Waals surface area contributed by atoms with E-state index in [0.29, 0.717) is 12.1 Å². The van der Waals surface area contributed by atoms with Crippen molar-refractivity contribution in [1.29, 1.82) is 0 Å². The highest BCUT2D eigenvalue weighted by Gasteiger charge is 2.10. The average molecular weight is 218 g/mol. The van der Waals surface area contributed by atoms with Crippen LogP contribution >= 0.6 is 0 Å². The van der Waals surface area contributed by atoms with Crippen molar-refractivity contribution in [3.8, 4) is 0 Å². The van der Waals surface area contributed by atoms with E-state index in [2.05, 4.69) is 0 Å². The molecule has 0 bridgehead atoms. The number of hydrogen-bond donors (Lipinski definition) is 2. The van der Waals surface area contributed by atoms with E-state index in [9.17, 15) is 4.79 Å². The van der Waals surface area contributed by atoms with Gasteiger partial charge >= 0.3 is 5.97 Å². The second-order valence-electron chi connectivity index (χ2n) is 3.83. The molecular weight excluding hydrogens is 204 g/mol. The van der Waals surface area contributed by atoms with Crippen LogP contribution < -0.4 is 5.73 Å². The van der Waals surface area contributed by atoms with Crippen LogP contribution in [0.4, 0.5) is 0 Å². The number of nitrogens with zero attached hydrogens (tertiary/aromatic N) is 1. The van der Waals surface area contributed by atoms with Crippen LogP contribution in [0.2, 0.25) is 0 Å². The van der Waals surface area contributed by atoms with Gasteiger partial charge in [0.2, 0.25) is 0 Å². The van der Waals surface area contributed by atoms with Crippen LogP contribution in [0.1, 0.15) is 15.9 Å². The predicted molar refractivity (Wildman–Crippen MR) is 62.7 cm³/mol. The summed E-state index contributed by atoms with van der Waals surface area (Å²) in [5.74, 6) is -0.883. The number of nitrogens with two attached hydrogens (primary N) is 1. The highest BCUT2D eigenvalue weighted by atomic mass is 16.4. The third-order valence-corrected chi connectivity index (χ3v) is 2.72. The van der Waals surface area contributed by atoms with Crippen molar-refractivity contribution < 1.29 is 9.90 Å². The summed E-state index contributed by atoms with van der Waals surface area (Å²) in [6.07, 6.45) is 1.93. The Bertz CT molecular complexity index is 543. The van der Waals surface area contributed by atoms with Crippen LogP contribution in [0.3, 0.4) is 0 Å². The number of aromatic carboxylic acids is 1. The predicted octanol–water partition coefficient (Wildman–Crippen LogP) is 1.61. The summed E-state index contributed by atoms with van der Waals surface area (Å²) in [7, 11) is 0. The molecule has 1 heterocycles. The Morgan fingerprint density at radius 3 is 2.88 bits per heavy atom. The zero-order chi connectivity index (χ0) is 11.7. The molecule has 3 N–H and O–H groups in total. The molecule has 0 aliphatic carbocycles. The van der Waals surface area contributed by atoms with Gasteiger partial charge in [-0.3, -0.25) is 0 Å². The van der Waals surface area contributed by atoms with Crippen molar-refractivity contribution in [3.63, 3.8) is 0 Å². The lowest BCUT2D eigenvalue weighted by molar-refractivity contribution is 0.0696. The molecule has 84 valence electrons. The minimum Gasteiger partial charge on any atom is -0.478 e. The largest absolute Gasteiger partial charge is 0.478 e. The van der Waals surface area contributed by atoms with Gasteiger partial charge in [0, 0.05) is 30.2 Å². The number of carboxylic acid groups (broad SMARTS) is 1. The molecular formula is C12H14N2O2. The summed E-state index contributed by atoms with van der Waals surface area (Å²) in [6, 6.07) is 5.52. The van der Waals surface area contributed by atoms with Gasteiger partial charge in [-0.1, -0.05) is 0 Å². The molecule has 0 spiro atoms. The van der Waals surface area contributed by atoms with Crippen LogP contribution in [0.5, 0.6) is 0 Å². The first-order valence-corrected chi connectivity index (χ1v) is 5.16. The molecule has 0 saturated heterocycles. The van der Waals surface area contributed by atoms with Crippen molar-refractivity contribution in [2.45, 2.75) is 13.5 Å². The van der Waals surface area contributed by atoms with Gasteiger partial charge in [0.05, 0.1) is 5.56 Å². The van der Waals surface area contributed by atoms with E-state index in [-0.39, 0.29) is 0 Å². The SMILES string of the molecule is Cc1cc2c(ccn2CCN)cc1C(=O)O. The summed E-state index contributed by atoms with van der Waals surface area (Å²) in [5, 5.41) is 9.95. The Morgan fingerprint density at radius 1 is 1.50 bits per heavy atom. The van der Waals surface area contributed by atoms with Crippen LogP contribution in [-0.2, 0) is 6.54 Å². The molecule has 0 fully saturated rings. The molecule has 2 rings (SSSR count). The fourth-order valence-electron chi connectivity index (χ4n) is 1.91. The minimum absolute atomic E-state index is 0.359. The van der Waals surface area contributed by atoms with Gasteiger partial charge < -0.3 is 15.4 Å². The highest BCUT2D eigenvalue weighted by Crippen LogP contribution is 2.21. The molecule has 4 nitrogen and oxygen atoms in total. The second-order valence-corrected chi connectivity index (χ2v) is 3.83. The molecule has 0 amide bonds. The highest BCUT2D eigenvalue weighted by molar-refractivity contribution is 5.95. The smallest absolute Gasteiger partial charge is 0.335 e. The fourth-order valence-corrected chi connectivity index (χ4v) is 1.91. The zero-order valence-electron chi connectivity index (χ0n) is 9.10. The molecule has 0 aliphatic rings. The first-order chi connectivity index (χ1) is 7.63. The molecule has 2 aromatic rings. The van der Waals surface area contributed by atoms with Crippen molar-refractivity contribution in [1.82, 2.24) is 4.57 Å². The van der Waals surface area contributed by atoms with Crippen LogP contribution in [0.15, 0.2) is 24.4 Å². The number of hydrogen-bond acceptors (Lipinski definition) is 2. The lowest BCUT2D eigenvalue weighted by atomic mass is 10.1. The van der Waals surface area contributed by atoms with Gasteiger partial charge in [-0.05, 0) is 30.7 Å². The quantitative estimate of drug-likeness (QED) is 0.822. The molecule has 0 radical (unpaired) electrons. The van der Waals surface area contributed by atoms with E-state index < -0.39 is 5.97 Å². The van der Waals surface area contributed by atoms with Crippen molar-refractivity contribution in [2.75, 3.05) is 6.54 Å². The number of fused-ring (bicyclic) bond motifs is 1. The van der Waals surface area contributed by atoms with Gasteiger partial charge in [0.15, 0.2) is 0 Å². The Hall–Kier alpha value is -1.81. The Balaban J connectivity index is 2.61. The minimum atomic E-state index is -0.883. The Kier molecular flexibility index (Phi) is 2.66. The molecule has 0 unspecified atom stereocenters. The lowest BCUT2D eigenvalue weighted by Crippen LogP contribution is -2.09. The van der Waals surface area contributed by atoms with E-state index in [1.54, 1.807) is 6.07 Å². The monoisotopic (exact) mass is 218 g/mol. The summed E-state index contributed by atoms with van der Waals surface area (Å²) < 4.78 is 2.04. The molecule has 0 saturated carbocycles. The maximum Gasteiger partial charge on any atom is 0.335 e. The summed E-state index contributed by atoms with van der Waals surface area (Å²) in [6.45, 7) is 3.13. The fraction of sp³-hybridized carbons (Fsp3) is 0.250. The first-order valence-electron chi connectivity index (χ1n) is 5.16. The topological polar surface area (TPSA) is 68.2 Å². The van der Waals surface area contributed by atoms with E-state index in [0.717, 1.165) is 23.0 Å². The van der Waals surface area contributed by atoms with Gasteiger partial charge in [-0.25, -0.2) is 4.79 Å².